The minimum Gasteiger partial charge on any atom is -0.345 e. The number of nitro benzene ring substituents is 1. The molecule has 0 radical (unpaired) electrons. The van der Waals surface area contributed by atoms with Crippen molar-refractivity contribution in [2.45, 2.75) is 13.8 Å². The highest BCUT2D eigenvalue weighted by atomic mass is 16.6. The van der Waals surface area contributed by atoms with Gasteiger partial charge in [-0.3, -0.25) is 34.2 Å². The molecular formula is C20H18N4O6. The second-order valence-electron chi connectivity index (χ2n) is 6.74. The van der Waals surface area contributed by atoms with E-state index in [1.807, 2.05) is 32.0 Å². The number of carbonyl (C=O) groups is 4. The fourth-order valence-corrected chi connectivity index (χ4v) is 3.19. The number of benzene rings is 2. The quantitative estimate of drug-likeness (QED) is 0.421. The summed E-state index contributed by atoms with van der Waals surface area (Å²) in [6, 6.07) is 9.23. The number of fused-ring (bicyclic) bond motifs is 1. The molecule has 0 unspecified atom stereocenters. The largest absolute Gasteiger partial charge is 0.345 e. The predicted molar refractivity (Wildman–Crippen MR) is 106 cm³/mol. The first-order chi connectivity index (χ1) is 14.2. The summed E-state index contributed by atoms with van der Waals surface area (Å²) in [5.41, 5.74) is 1.40. The summed E-state index contributed by atoms with van der Waals surface area (Å²) < 4.78 is 0. The van der Waals surface area contributed by atoms with Gasteiger partial charge in [0, 0.05) is 11.8 Å². The molecule has 10 heteroatoms. The van der Waals surface area contributed by atoms with Crippen LogP contribution in [0, 0.1) is 24.0 Å². The summed E-state index contributed by atoms with van der Waals surface area (Å²) in [6.45, 7) is 2.65. The van der Waals surface area contributed by atoms with Crippen molar-refractivity contribution >= 4 is 35.0 Å². The Balaban J connectivity index is 1.62. The van der Waals surface area contributed by atoms with E-state index in [9.17, 15) is 29.3 Å². The van der Waals surface area contributed by atoms with Crippen LogP contribution in [0.2, 0.25) is 0 Å². The SMILES string of the molecule is Cc1cccc(C)c1NC(=O)CNC(=O)CN1C(=O)c2cccc([N+](=O)[O-])c2C1=O. The van der Waals surface area contributed by atoms with Gasteiger partial charge in [0.05, 0.1) is 17.0 Å². The maximum atomic E-state index is 12.5. The lowest BCUT2D eigenvalue weighted by Crippen LogP contribution is -2.42. The van der Waals surface area contributed by atoms with E-state index >= 15 is 0 Å². The summed E-state index contributed by atoms with van der Waals surface area (Å²) in [5.74, 6) is -2.94. The van der Waals surface area contributed by atoms with Crippen LogP contribution in [-0.2, 0) is 9.59 Å². The number of hydrogen-bond acceptors (Lipinski definition) is 6. The number of anilines is 1. The molecule has 2 aromatic carbocycles. The lowest BCUT2D eigenvalue weighted by molar-refractivity contribution is -0.385. The zero-order chi connectivity index (χ0) is 22.0. The summed E-state index contributed by atoms with van der Waals surface area (Å²) in [4.78, 5) is 60.2. The van der Waals surface area contributed by atoms with E-state index in [0.717, 1.165) is 17.2 Å². The Hall–Kier alpha value is -4.08. The van der Waals surface area contributed by atoms with E-state index in [1.165, 1.54) is 12.1 Å². The first kappa shape index (κ1) is 20.6. The van der Waals surface area contributed by atoms with Crippen LogP contribution in [0.1, 0.15) is 31.8 Å². The molecule has 1 heterocycles. The standard InChI is InChI=1S/C20H18N4O6/c1-11-5-3-6-12(2)18(11)22-15(25)9-21-16(26)10-23-19(27)13-7-4-8-14(24(29)30)17(13)20(23)28/h3-8H,9-10H2,1-2H3,(H,21,26)(H,22,25). The van der Waals surface area contributed by atoms with Gasteiger partial charge in [-0.15, -0.1) is 0 Å². The molecule has 154 valence electrons. The topological polar surface area (TPSA) is 139 Å². The second kappa shape index (κ2) is 8.11. The van der Waals surface area contributed by atoms with Gasteiger partial charge in [-0.25, -0.2) is 0 Å². The van der Waals surface area contributed by atoms with Crippen molar-refractivity contribution in [3.63, 3.8) is 0 Å². The molecule has 1 aliphatic heterocycles. The minimum atomic E-state index is -0.919. The molecule has 2 aromatic rings. The summed E-state index contributed by atoms with van der Waals surface area (Å²) in [7, 11) is 0. The molecular weight excluding hydrogens is 392 g/mol. The van der Waals surface area contributed by atoms with Crippen LogP contribution in [0.3, 0.4) is 0 Å². The average molecular weight is 410 g/mol. The number of aryl methyl sites for hydroxylation is 2. The normalized spacial score (nSPS) is 12.5. The Morgan fingerprint density at radius 2 is 1.63 bits per heavy atom. The summed E-state index contributed by atoms with van der Waals surface area (Å²) in [6.07, 6.45) is 0. The highest BCUT2D eigenvalue weighted by Gasteiger charge is 2.41. The monoisotopic (exact) mass is 410 g/mol. The third-order valence-corrected chi connectivity index (χ3v) is 4.67. The van der Waals surface area contributed by atoms with E-state index in [0.29, 0.717) is 10.6 Å². The molecule has 1 aliphatic rings. The van der Waals surface area contributed by atoms with Crippen molar-refractivity contribution in [1.82, 2.24) is 10.2 Å². The van der Waals surface area contributed by atoms with Gasteiger partial charge in [0.2, 0.25) is 11.8 Å². The van der Waals surface area contributed by atoms with Crippen molar-refractivity contribution in [2.24, 2.45) is 0 Å². The van der Waals surface area contributed by atoms with Gasteiger partial charge in [0.1, 0.15) is 12.1 Å². The highest BCUT2D eigenvalue weighted by Crippen LogP contribution is 2.30. The Bertz CT molecular complexity index is 1070. The van der Waals surface area contributed by atoms with Crippen molar-refractivity contribution < 1.29 is 24.1 Å². The molecule has 0 saturated heterocycles. The van der Waals surface area contributed by atoms with Gasteiger partial charge in [0.25, 0.3) is 17.5 Å². The first-order valence-electron chi connectivity index (χ1n) is 8.97. The number of carbonyl (C=O) groups excluding carboxylic acids is 4. The number of rotatable bonds is 6. The van der Waals surface area contributed by atoms with Gasteiger partial charge in [-0.1, -0.05) is 24.3 Å². The zero-order valence-corrected chi connectivity index (χ0v) is 16.2. The average Bonchev–Trinajstić information content (AvgIpc) is 2.94. The zero-order valence-electron chi connectivity index (χ0n) is 16.2. The molecule has 0 atom stereocenters. The van der Waals surface area contributed by atoms with Crippen molar-refractivity contribution in [3.8, 4) is 0 Å². The molecule has 0 fully saturated rings. The Kier molecular flexibility index (Phi) is 5.58. The van der Waals surface area contributed by atoms with Crippen LogP contribution >= 0.6 is 0 Å². The fraction of sp³-hybridized carbons (Fsp3) is 0.200. The predicted octanol–water partition coefficient (Wildman–Crippen LogP) is 1.56. The number of amides is 4. The number of para-hydroxylation sites is 1. The van der Waals surface area contributed by atoms with Crippen LogP contribution in [0.5, 0.6) is 0 Å². The first-order valence-corrected chi connectivity index (χ1v) is 8.97. The van der Waals surface area contributed by atoms with E-state index < -0.39 is 40.8 Å². The van der Waals surface area contributed by atoms with Crippen LogP contribution < -0.4 is 10.6 Å². The maximum Gasteiger partial charge on any atom is 0.282 e. The molecule has 0 saturated carbocycles. The highest BCUT2D eigenvalue weighted by molar-refractivity contribution is 6.24. The third kappa shape index (κ3) is 3.88. The van der Waals surface area contributed by atoms with E-state index in [-0.39, 0.29) is 17.7 Å². The number of nitrogens with one attached hydrogen (secondary N) is 2. The maximum absolute atomic E-state index is 12.5. The van der Waals surface area contributed by atoms with Gasteiger partial charge in [-0.2, -0.15) is 0 Å². The van der Waals surface area contributed by atoms with Gasteiger partial charge >= 0.3 is 0 Å². The fourth-order valence-electron chi connectivity index (χ4n) is 3.19. The molecule has 3 rings (SSSR count). The van der Waals surface area contributed by atoms with Crippen LogP contribution in [-0.4, -0.2) is 46.5 Å². The van der Waals surface area contributed by atoms with Gasteiger partial charge in [0.15, 0.2) is 0 Å². The van der Waals surface area contributed by atoms with Crippen molar-refractivity contribution in [1.29, 1.82) is 0 Å². The lowest BCUT2D eigenvalue weighted by atomic mass is 10.1. The van der Waals surface area contributed by atoms with Crippen molar-refractivity contribution in [2.75, 3.05) is 18.4 Å². The smallest absolute Gasteiger partial charge is 0.282 e. The van der Waals surface area contributed by atoms with E-state index in [2.05, 4.69) is 10.6 Å². The summed E-state index contributed by atoms with van der Waals surface area (Å²) in [5, 5.41) is 16.2. The van der Waals surface area contributed by atoms with Crippen molar-refractivity contribution in [3.05, 3.63) is 68.8 Å². The van der Waals surface area contributed by atoms with Crippen LogP contribution in [0.25, 0.3) is 0 Å². The number of imide groups is 1. The number of hydrogen-bond donors (Lipinski definition) is 2. The molecule has 0 aliphatic carbocycles. The molecule has 4 amide bonds. The Labute approximate surface area is 171 Å². The molecule has 10 nitrogen and oxygen atoms in total. The van der Waals surface area contributed by atoms with Gasteiger partial charge < -0.3 is 10.6 Å². The molecule has 30 heavy (non-hydrogen) atoms. The van der Waals surface area contributed by atoms with Crippen LogP contribution in [0.15, 0.2) is 36.4 Å². The van der Waals surface area contributed by atoms with E-state index in [4.69, 9.17) is 0 Å². The molecule has 0 aromatic heterocycles. The Morgan fingerprint density at radius 1 is 1.00 bits per heavy atom. The molecule has 2 N–H and O–H groups in total. The van der Waals surface area contributed by atoms with E-state index in [1.54, 1.807) is 0 Å². The molecule has 0 bridgehead atoms. The third-order valence-electron chi connectivity index (χ3n) is 4.67. The Morgan fingerprint density at radius 3 is 2.27 bits per heavy atom. The van der Waals surface area contributed by atoms with Crippen LogP contribution in [0.4, 0.5) is 11.4 Å². The minimum absolute atomic E-state index is 0.130. The summed E-state index contributed by atoms with van der Waals surface area (Å²) >= 11 is 0. The van der Waals surface area contributed by atoms with Gasteiger partial charge in [-0.05, 0) is 31.0 Å². The lowest BCUT2D eigenvalue weighted by Gasteiger charge is -2.14. The number of nitrogens with zero attached hydrogens (tertiary/aromatic N) is 2. The second-order valence-corrected chi connectivity index (χ2v) is 6.74. The number of nitro groups is 1. The molecule has 0 spiro atoms.